The standard InChI is InChI=1S/C5H8O5/c6-3-1-2-10-5(3,9)4(7)8/h4,7-9H,1-2H2. The second-order valence-electron chi connectivity index (χ2n) is 2.09. The quantitative estimate of drug-likeness (QED) is 0.373. The summed E-state index contributed by atoms with van der Waals surface area (Å²) in [4.78, 5) is 10.6. The molecule has 3 N–H and O–H groups in total. The van der Waals surface area contributed by atoms with Crippen LogP contribution in [-0.2, 0) is 9.53 Å². The minimum Gasteiger partial charge on any atom is -0.363 e. The molecule has 0 aromatic rings. The zero-order valence-electron chi connectivity index (χ0n) is 5.15. The number of Topliss-reactive ketones (excluding diaryl/α,β-unsaturated/α-hetero) is 1. The number of hydrogen-bond acceptors (Lipinski definition) is 5. The lowest BCUT2D eigenvalue weighted by Gasteiger charge is -2.20. The molecule has 0 amide bonds. The number of ether oxygens (including phenoxy) is 1. The summed E-state index contributed by atoms with van der Waals surface area (Å²) in [6.07, 6.45) is -2.13. The highest BCUT2D eigenvalue weighted by molar-refractivity contribution is 5.87. The molecule has 1 aliphatic rings. The van der Waals surface area contributed by atoms with Crippen molar-refractivity contribution in [1.82, 2.24) is 0 Å². The first-order valence-corrected chi connectivity index (χ1v) is 2.83. The Balaban J connectivity index is 2.75. The van der Waals surface area contributed by atoms with Gasteiger partial charge in [-0.25, -0.2) is 0 Å². The van der Waals surface area contributed by atoms with Gasteiger partial charge >= 0.3 is 0 Å². The van der Waals surface area contributed by atoms with Crippen molar-refractivity contribution >= 4 is 5.78 Å². The van der Waals surface area contributed by atoms with Crippen molar-refractivity contribution in [3.05, 3.63) is 0 Å². The van der Waals surface area contributed by atoms with E-state index in [9.17, 15) is 4.79 Å². The third-order valence-electron chi connectivity index (χ3n) is 1.40. The molecule has 0 bridgehead atoms. The Bertz CT molecular complexity index is 154. The molecule has 0 aliphatic carbocycles. The molecule has 5 nitrogen and oxygen atoms in total. The van der Waals surface area contributed by atoms with Crippen molar-refractivity contribution in [2.75, 3.05) is 6.61 Å². The molecule has 1 fully saturated rings. The Hall–Kier alpha value is -0.490. The summed E-state index contributed by atoms with van der Waals surface area (Å²) in [5.41, 5.74) is 0. The number of carbonyl (C=O) groups excluding carboxylic acids is 1. The first-order valence-electron chi connectivity index (χ1n) is 2.83. The molecule has 0 spiro atoms. The topological polar surface area (TPSA) is 87.0 Å². The molecule has 10 heavy (non-hydrogen) atoms. The highest BCUT2D eigenvalue weighted by atomic mass is 16.7. The van der Waals surface area contributed by atoms with Gasteiger partial charge in [-0.05, 0) is 0 Å². The van der Waals surface area contributed by atoms with E-state index in [0.717, 1.165) is 0 Å². The third-order valence-corrected chi connectivity index (χ3v) is 1.40. The Kier molecular flexibility index (Phi) is 1.74. The molecule has 1 rings (SSSR count). The lowest BCUT2D eigenvalue weighted by atomic mass is 10.1. The first-order chi connectivity index (χ1) is 4.57. The van der Waals surface area contributed by atoms with Gasteiger partial charge in [0.2, 0.25) is 6.29 Å². The van der Waals surface area contributed by atoms with Crippen LogP contribution in [0.3, 0.4) is 0 Å². The van der Waals surface area contributed by atoms with Crippen LogP contribution in [0, 0.1) is 0 Å². The summed E-state index contributed by atoms with van der Waals surface area (Å²) in [6.45, 7) is 0.0347. The van der Waals surface area contributed by atoms with E-state index in [1.54, 1.807) is 0 Å². The summed E-state index contributed by atoms with van der Waals surface area (Å²) < 4.78 is 4.42. The molecule has 0 radical (unpaired) electrons. The fourth-order valence-corrected chi connectivity index (χ4v) is 0.777. The zero-order chi connectivity index (χ0) is 7.78. The van der Waals surface area contributed by atoms with Crippen molar-refractivity contribution in [2.45, 2.75) is 18.5 Å². The molecule has 1 unspecified atom stereocenters. The van der Waals surface area contributed by atoms with Gasteiger partial charge in [-0.3, -0.25) is 4.79 Å². The molecular formula is C5H8O5. The Morgan fingerprint density at radius 3 is 2.40 bits per heavy atom. The van der Waals surface area contributed by atoms with Gasteiger partial charge in [0.15, 0.2) is 5.78 Å². The van der Waals surface area contributed by atoms with Gasteiger partial charge in [0.1, 0.15) is 0 Å². The Labute approximate surface area is 56.9 Å². The highest BCUT2D eigenvalue weighted by Gasteiger charge is 2.47. The second-order valence-corrected chi connectivity index (χ2v) is 2.09. The predicted molar refractivity (Wildman–Crippen MR) is 28.8 cm³/mol. The van der Waals surface area contributed by atoms with E-state index in [2.05, 4.69) is 4.74 Å². The molecule has 0 aromatic carbocycles. The minimum atomic E-state index is -2.38. The zero-order valence-corrected chi connectivity index (χ0v) is 5.15. The van der Waals surface area contributed by atoms with E-state index in [0.29, 0.717) is 0 Å². The molecule has 0 saturated carbocycles. The molecule has 1 heterocycles. The number of aliphatic hydroxyl groups excluding tert-OH is 1. The second kappa shape index (κ2) is 2.28. The van der Waals surface area contributed by atoms with E-state index in [1.807, 2.05) is 0 Å². The van der Waals surface area contributed by atoms with Gasteiger partial charge in [0.05, 0.1) is 6.61 Å². The molecule has 0 aromatic heterocycles. The average molecular weight is 148 g/mol. The summed E-state index contributed by atoms with van der Waals surface area (Å²) in [7, 11) is 0. The van der Waals surface area contributed by atoms with E-state index < -0.39 is 17.9 Å². The van der Waals surface area contributed by atoms with Crippen LogP contribution < -0.4 is 0 Å². The Morgan fingerprint density at radius 2 is 2.20 bits per heavy atom. The Morgan fingerprint density at radius 1 is 1.60 bits per heavy atom. The van der Waals surface area contributed by atoms with Gasteiger partial charge < -0.3 is 20.1 Å². The number of hydrogen-bond donors (Lipinski definition) is 3. The van der Waals surface area contributed by atoms with Gasteiger partial charge in [-0.1, -0.05) is 0 Å². The summed E-state index contributed by atoms with van der Waals surface area (Å²) >= 11 is 0. The van der Waals surface area contributed by atoms with Crippen LogP contribution in [0.15, 0.2) is 0 Å². The van der Waals surface area contributed by atoms with E-state index in [-0.39, 0.29) is 13.0 Å². The fourth-order valence-electron chi connectivity index (χ4n) is 0.777. The normalized spacial score (nSPS) is 33.8. The van der Waals surface area contributed by atoms with Crippen molar-refractivity contribution in [1.29, 1.82) is 0 Å². The van der Waals surface area contributed by atoms with Crippen LogP contribution in [0.4, 0.5) is 0 Å². The van der Waals surface area contributed by atoms with Crippen LogP contribution in [0.1, 0.15) is 6.42 Å². The smallest absolute Gasteiger partial charge is 0.279 e. The van der Waals surface area contributed by atoms with Crippen LogP contribution in [0.2, 0.25) is 0 Å². The number of rotatable bonds is 1. The monoisotopic (exact) mass is 148 g/mol. The van der Waals surface area contributed by atoms with Gasteiger partial charge in [-0.15, -0.1) is 0 Å². The number of aliphatic hydroxyl groups is 3. The van der Waals surface area contributed by atoms with Crippen molar-refractivity contribution < 1.29 is 24.9 Å². The molecule has 1 saturated heterocycles. The average Bonchev–Trinajstić information content (AvgIpc) is 2.15. The molecule has 58 valence electrons. The van der Waals surface area contributed by atoms with E-state index >= 15 is 0 Å². The lowest BCUT2D eigenvalue weighted by Crippen LogP contribution is -2.47. The lowest BCUT2D eigenvalue weighted by molar-refractivity contribution is -0.276. The molecule has 5 heteroatoms. The maximum atomic E-state index is 10.6. The van der Waals surface area contributed by atoms with E-state index in [4.69, 9.17) is 15.3 Å². The van der Waals surface area contributed by atoms with E-state index in [1.165, 1.54) is 0 Å². The van der Waals surface area contributed by atoms with Crippen molar-refractivity contribution in [3.63, 3.8) is 0 Å². The molecule has 1 atom stereocenters. The maximum Gasteiger partial charge on any atom is 0.279 e. The van der Waals surface area contributed by atoms with Crippen LogP contribution in [0.25, 0.3) is 0 Å². The summed E-state index contributed by atoms with van der Waals surface area (Å²) in [6, 6.07) is 0. The molecular weight excluding hydrogens is 140 g/mol. The maximum absolute atomic E-state index is 10.6. The number of ketones is 1. The van der Waals surface area contributed by atoms with Crippen molar-refractivity contribution in [2.24, 2.45) is 0 Å². The van der Waals surface area contributed by atoms with Crippen LogP contribution >= 0.6 is 0 Å². The van der Waals surface area contributed by atoms with Gasteiger partial charge in [0.25, 0.3) is 5.79 Å². The summed E-state index contributed by atoms with van der Waals surface area (Å²) in [5.74, 6) is -3.07. The van der Waals surface area contributed by atoms with Crippen molar-refractivity contribution in [3.8, 4) is 0 Å². The van der Waals surface area contributed by atoms with Gasteiger partial charge in [-0.2, -0.15) is 0 Å². The fraction of sp³-hybridized carbons (Fsp3) is 0.800. The van der Waals surface area contributed by atoms with Crippen LogP contribution in [0.5, 0.6) is 0 Å². The van der Waals surface area contributed by atoms with Gasteiger partial charge in [0, 0.05) is 6.42 Å². The first kappa shape index (κ1) is 7.62. The third kappa shape index (κ3) is 0.929. The summed E-state index contributed by atoms with van der Waals surface area (Å²) in [5, 5.41) is 25.8. The highest BCUT2D eigenvalue weighted by Crippen LogP contribution is 2.21. The largest absolute Gasteiger partial charge is 0.363 e. The molecule has 1 aliphatic heterocycles. The van der Waals surface area contributed by atoms with Crippen LogP contribution in [-0.4, -0.2) is 39.8 Å². The predicted octanol–water partition coefficient (Wildman–Crippen LogP) is -2.02. The SMILES string of the molecule is O=C1CCOC1(O)C(O)O. The minimum absolute atomic E-state index is 0.0219. The number of carbonyl (C=O) groups is 1.